The van der Waals surface area contributed by atoms with E-state index in [1.165, 1.54) is 109 Å². The fourth-order valence-electron chi connectivity index (χ4n) is 19.6. The van der Waals surface area contributed by atoms with Gasteiger partial charge in [-0.3, -0.25) is 0 Å². The maximum atomic E-state index is 6.81. The van der Waals surface area contributed by atoms with Gasteiger partial charge in [-0.25, -0.2) is 0 Å². The van der Waals surface area contributed by atoms with Gasteiger partial charge in [0.15, 0.2) is 0 Å². The molecule has 2 aliphatic heterocycles. The second-order valence-electron chi connectivity index (χ2n) is 35.5. The molecule has 558 valence electrons. The minimum absolute atomic E-state index is 0.0938. The maximum Gasteiger partial charge on any atom is 0.252 e. The van der Waals surface area contributed by atoms with Gasteiger partial charge in [-0.05, 0) is 228 Å². The van der Waals surface area contributed by atoms with E-state index in [1.54, 1.807) is 0 Å². The Kier molecular flexibility index (Phi) is 15.8. The van der Waals surface area contributed by atoms with Crippen molar-refractivity contribution in [2.45, 2.75) is 78.6 Å². The van der Waals surface area contributed by atoms with Crippen molar-refractivity contribution in [1.82, 2.24) is 4.57 Å². The van der Waals surface area contributed by atoms with Crippen LogP contribution in [0.2, 0.25) is 0 Å². The van der Waals surface area contributed by atoms with Crippen molar-refractivity contribution in [2.75, 3.05) is 9.80 Å². The van der Waals surface area contributed by atoms with Crippen LogP contribution >= 0.6 is 0 Å². The average molecular weight is 1500 g/mol. The molecule has 0 aliphatic carbocycles. The predicted molar refractivity (Wildman–Crippen MR) is 501 cm³/mol. The Labute approximate surface area is 683 Å². The van der Waals surface area contributed by atoms with Crippen molar-refractivity contribution < 1.29 is 4.42 Å². The van der Waals surface area contributed by atoms with Gasteiger partial charge in [0.2, 0.25) is 0 Å². The zero-order valence-electron chi connectivity index (χ0n) is 67.4. The highest BCUT2D eigenvalue weighted by molar-refractivity contribution is 7.00. The van der Waals surface area contributed by atoms with Crippen molar-refractivity contribution in [3.63, 3.8) is 0 Å². The summed E-state index contributed by atoms with van der Waals surface area (Å²) in [6.07, 6.45) is 0. The molecule has 0 saturated carbocycles. The summed E-state index contributed by atoms with van der Waals surface area (Å²) in [4.78, 5) is 5.51. The van der Waals surface area contributed by atoms with E-state index in [1.807, 2.05) is 0 Å². The highest BCUT2D eigenvalue weighted by atomic mass is 16.3. The highest BCUT2D eigenvalue weighted by Gasteiger charge is 2.47. The van der Waals surface area contributed by atoms with Crippen LogP contribution in [0.4, 0.5) is 34.1 Å². The van der Waals surface area contributed by atoms with Gasteiger partial charge in [0.1, 0.15) is 11.2 Å². The lowest BCUT2D eigenvalue weighted by molar-refractivity contribution is 0.590. The van der Waals surface area contributed by atoms with E-state index >= 15 is 0 Å². The Bertz CT molecular complexity index is 7310. The van der Waals surface area contributed by atoms with Crippen LogP contribution in [0.3, 0.4) is 0 Å². The molecular formula is C112H86BN3O. The number of anilines is 6. The minimum atomic E-state index is -0.379. The summed E-state index contributed by atoms with van der Waals surface area (Å²) >= 11 is 0. The third kappa shape index (κ3) is 11.2. The normalized spacial score (nSPS) is 12.9. The average Bonchev–Trinajstić information content (AvgIpc) is 0.872. The van der Waals surface area contributed by atoms with E-state index in [0.29, 0.717) is 0 Å². The number of aromatic nitrogens is 1. The number of hydrogen-bond donors (Lipinski definition) is 0. The van der Waals surface area contributed by atoms with Crippen LogP contribution in [0.15, 0.2) is 362 Å². The topological polar surface area (TPSA) is 24.6 Å². The van der Waals surface area contributed by atoms with Gasteiger partial charge in [0.25, 0.3) is 6.71 Å². The molecule has 0 unspecified atom stereocenters. The Morgan fingerprint density at radius 3 is 1.30 bits per heavy atom. The van der Waals surface area contributed by atoms with Crippen molar-refractivity contribution in [2.24, 2.45) is 0 Å². The summed E-state index contributed by atoms with van der Waals surface area (Å²) < 4.78 is 9.38. The number of hydrogen-bond acceptors (Lipinski definition) is 3. The standard InChI is InChI=1S/C112H86BN3O/c1-110(2,3)76-53-58-99-95(63-76)94-59-72(69-31-13-10-14-32-69)51-56-98(94)114(99)79-54-55-96-101(68-79)116(109-90(70-33-15-11-16-34-70)64-77(111(4,5)6)65-91(109)71-35-17-12-18-36-71)103-67-78(112(7,8)9)66-102-107(103)113(96)97-62-75(82-46-30-50-105-106(82)89-45-27-28-49-104(89)117-105)52-57-100(97)115(102)108-87(92-60-73-37-19-21-39-80(73)83-41-23-25-43-85(83)92)47-29-48-88(108)93-61-74-38-20-22-40-81(74)84-42-24-26-44-86(84)93/h10-68H,1-9H3. The van der Waals surface area contributed by atoms with E-state index in [4.69, 9.17) is 4.42 Å². The van der Waals surface area contributed by atoms with Crippen LogP contribution in [-0.4, -0.2) is 11.3 Å². The highest BCUT2D eigenvalue weighted by Crippen LogP contribution is 2.57. The molecule has 0 atom stereocenters. The molecule has 0 amide bonds. The first-order chi connectivity index (χ1) is 56.9. The molecule has 0 N–H and O–H groups in total. The van der Waals surface area contributed by atoms with E-state index in [-0.39, 0.29) is 23.0 Å². The molecule has 4 heterocycles. The number of nitrogens with zero attached hydrogens (tertiary/aromatic N) is 3. The summed E-state index contributed by atoms with van der Waals surface area (Å²) in [6, 6.07) is 136. The van der Waals surface area contributed by atoms with Crippen molar-refractivity contribution in [3.8, 4) is 72.4 Å². The number of para-hydroxylation sites is 2. The first-order valence-electron chi connectivity index (χ1n) is 41.3. The lowest BCUT2D eigenvalue weighted by atomic mass is 9.33. The van der Waals surface area contributed by atoms with Crippen LogP contribution < -0.4 is 26.2 Å². The Balaban J connectivity index is 0.924. The molecule has 0 spiro atoms. The summed E-state index contributed by atoms with van der Waals surface area (Å²) in [5.41, 5.74) is 32.3. The van der Waals surface area contributed by atoms with Crippen molar-refractivity contribution >= 4 is 144 Å². The van der Waals surface area contributed by atoms with Crippen LogP contribution in [-0.2, 0) is 16.2 Å². The summed E-state index contributed by atoms with van der Waals surface area (Å²) in [7, 11) is 0. The van der Waals surface area contributed by atoms with Gasteiger partial charge in [-0.2, -0.15) is 0 Å². The molecule has 2 aromatic heterocycles. The van der Waals surface area contributed by atoms with Crippen LogP contribution in [0, 0.1) is 0 Å². The van der Waals surface area contributed by atoms with Gasteiger partial charge in [0.05, 0.1) is 22.4 Å². The van der Waals surface area contributed by atoms with E-state index in [0.717, 1.165) is 117 Å². The third-order valence-electron chi connectivity index (χ3n) is 25.4. The number of furan rings is 1. The molecule has 20 aromatic rings. The molecule has 117 heavy (non-hydrogen) atoms. The minimum Gasteiger partial charge on any atom is -0.456 e. The van der Waals surface area contributed by atoms with E-state index in [2.05, 4.69) is 435 Å². The Morgan fingerprint density at radius 2 is 0.709 bits per heavy atom. The Hall–Kier alpha value is -13.7. The fraction of sp³-hybridized carbons (Fsp3) is 0.107. The van der Waals surface area contributed by atoms with Gasteiger partial charge >= 0.3 is 0 Å². The molecule has 0 bridgehead atoms. The molecular weight excluding hydrogens is 1410 g/mol. The quantitative estimate of drug-likeness (QED) is 0.106. The molecule has 0 fully saturated rings. The maximum absolute atomic E-state index is 6.81. The molecule has 5 heteroatoms. The first-order valence-corrected chi connectivity index (χ1v) is 41.3. The number of rotatable bonds is 9. The second-order valence-corrected chi connectivity index (χ2v) is 35.5. The van der Waals surface area contributed by atoms with Crippen molar-refractivity contribution in [3.05, 3.63) is 375 Å². The largest absolute Gasteiger partial charge is 0.456 e. The van der Waals surface area contributed by atoms with Gasteiger partial charge in [0, 0.05) is 72.2 Å². The van der Waals surface area contributed by atoms with Crippen LogP contribution in [0.5, 0.6) is 0 Å². The number of fused-ring (bicyclic) bond motifs is 16. The molecule has 0 radical (unpaired) electrons. The second kappa shape index (κ2) is 26.4. The van der Waals surface area contributed by atoms with Crippen LogP contribution in [0.1, 0.15) is 79.0 Å². The number of benzene rings is 18. The van der Waals surface area contributed by atoms with E-state index in [9.17, 15) is 0 Å². The zero-order valence-corrected chi connectivity index (χ0v) is 67.4. The predicted octanol–water partition coefficient (Wildman–Crippen LogP) is 29.3. The van der Waals surface area contributed by atoms with Gasteiger partial charge < -0.3 is 18.8 Å². The lowest BCUT2D eigenvalue weighted by Gasteiger charge is -2.46. The van der Waals surface area contributed by atoms with E-state index < -0.39 is 0 Å². The van der Waals surface area contributed by atoms with Crippen molar-refractivity contribution in [1.29, 1.82) is 0 Å². The van der Waals surface area contributed by atoms with Gasteiger partial charge in [-0.1, -0.05) is 329 Å². The zero-order chi connectivity index (χ0) is 78.9. The molecule has 4 nitrogen and oxygen atoms in total. The summed E-state index contributed by atoms with van der Waals surface area (Å²) in [5.74, 6) is 0. The first kappa shape index (κ1) is 69.9. The van der Waals surface area contributed by atoms with Crippen LogP contribution in [0.25, 0.3) is 159 Å². The molecule has 18 aromatic carbocycles. The monoisotopic (exact) mass is 1500 g/mol. The smallest absolute Gasteiger partial charge is 0.252 e. The lowest BCUT2D eigenvalue weighted by Crippen LogP contribution is -2.61. The molecule has 0 saturated heterocycles. The fourth-order valence-corrected chi connectivity index (χ4v) is 19.6. The Morgan fingerprint density at radius 1 is 0.248 bits per heavy atom. The van der Waals surface area contributed by atoms with Gasteiger partial charge in [-0.15, -0.1) is 0 Å². The summed E-state index contributed by atoms with van der Waals surface area (Å²) in [5, 5.41) is 14.3. The molecule has 22 rings (SSSR count). The summed E-state index contributed by atoms with van der Waals surface area (Å²) in [6.45, 7) is 21.0. The SMILES string of the molecule is CC(C)(C)c1cc(-c2ccccc2)c(N2c3cc(-n4c5ccc(-c6ccccc6)cc5c5cc(C(C)(C)C)ccc54)ccc3B3c4cc(-c5cccc6oc7ccccc7c56)ccc4N(c4c(-c5cc6ccccc6c6ccccc56)cccc4-c4cc5ccccc5c5ccccc45)c4cc(C(C)(C)C)cc2c43)c(-c2ccccc2)c1. The third-order valence-corrected chi connectivity index (χ3v) is 25.4. The molecule has 2 aliphatic rings.